The fraction of sp³-hybridized carbons (Fsp3) is 0.929. The van der Waals surface area contributed by atoms with Crippen LogP contribution in [-0.2, 0) is 4.79 Å². The Bertz CT molecular complexity index is 275. The Labute approximate surface area is 122 Å². The van der Waals surface area contributed by atoms with Crippen LogP contribution in [-0.4, -0.2) is 36.8 Å². The molecular formula is C14H27ClN2O2. The van der Waals surface area contributed by atoms with Gasteiger partial charge in [-0.05, 0) is 44.1 Å². The third-order valence-corrected chi connectivity index (χ3v) is 4.56. The molecule has 1 amide bonds. The fourth-order valence-corrected chi connectivity index (χ4v) is 3.39. The van der Waals surface area contributed by atoms with E-state index in [1.54, 1.807) is 0 Å². The van der Waals surface area contributed by atoms with Gasteiger partial charge in [0.2, 0.25) is 5.91 Å². The lowest BCUT2D eigenvalue weighted by atomic mass is 9.83. The van der Waals surface area contributed by atoms with E-state index in [2.05, 4.69) is 10.6 Å². The first-order valence-electron chi connectivity index (χ1n) is 7.35. The van der Waals surface area contributed by atoms with Crippen molar-refractivity contribution in [1.82, 2.24) is 10.6 Å². The lowest BCUT2D eigenvalue weighted by molar-refractivity contribution is -0.122. The number of carbonyl (C=O) groups is 1. The fourth-order valence-electron chi connectivity index (χ4n) is 3.39. The van der Waals surface area contributed by atoms with Crippen molar-refractivity contribution in [2.75, 3.05) is 19.7 Å². The predicted octanol–water partition coefficient (Wildman–Crippen LogP) is 1.61. The number of hydrogen-bond acceptors (Lipinski definition) is 3. The van der Waals surface area contributed by atoms with Crippen molar-refractivity contribution < 1.29 is 9.90 Å². The zero-order valence-electron chi connectivity index (χ0n) is 11.6. The Hall–Kier alpha value is -0.320. The van der Waals surface area contributed by atoms with E-state index >= 15 is 0 Å². The summed E-state index contributed by atoms with van der Waals surface area (Å²) < 4.78 is 0. The minimum absolute atomic E-state index is 0. The summed E-state index contributed by atoms with van der Waals surface area (Å²) in [5.41, 5.74) is 0.174. The Morgan fingerprint density at radius 2 is 2.05 bits per heavy atom. The lowest BCUT2D eigenvalue weighted by Crippen LogP contribution is -2.39. The van der Waals surface area contributed by atoms with E-state index in [-0.39, 0.29) is 30.3 Å². The highest BCUT2D eigenvalue weighted by atomic mass is 35.5. The summed E-state index contributed by atoms with van der Waals surface area (Å²) in [5, 5.41) is 15.6. The third-order valence-electron chi connectivity index (χ3n) is 4.56. The summed E-state index contributed by atoms with van der Waals surface area (Å²) in [6.45, 7) is 2.03. The average molecular weight is 291 g/mol. The zero-order chi connectivity index (χ0) is 12.8. The summed E-state index contributed by atoms with van der Waals surface area (Å²) in [6.07, 6.45) is 8.51. The quantitative estimate of drug-likeness (QED) is 0.696. The first-order chi connectivity index (χ1) is 8.74. The van der Waals surface area contributed by atoms with Gasteiger partial charge < -0.3 is 15.7 Å². The Morgan fingerprint density at radius 3 is 2.63 bits per heavy atom. The molecule has 3 N–H and O–H groups in total. The number of halogens is 1. The molecule has 2 aliphatic rings. The normalized spacial score (nSPS) is 25.0. The third kappa shape index (κ3) is 4.93. The molecule has 0 aromatic heterocycles. The molecule has 0 spiro atoms. The van der Waals surface area contributed by atoms with Crippen molar-refractivity contribution in [2.24, 2.45) is 5.41 Å². The molecule has 0 aromatic carbocycles. The van der Waals surface area contributed by atoms with Crippen molar-refractivity contribution in [1.29, 1.82) is 0 Å². The van der Waals surface area contributed by atoms with Crippen molar-refractivity contribution in [3.63, 3.8) is 0 Å². The number of rotatable bonds is 6. The highest BCUT2D eigenvalue weighted by molar-refractivity contribution is 5.85. The topological polar surface area (TPSA) is 61.4 Å². The highest BCUT2D eigenvalue weighted by Gasteiger charge is 2.33. The van der Waals surface area contributed by atoms with Gasteiger partial charge in [0.15, 0.2) is 0 Å². The van der Waals surface area contributed by atoms with Crippen LogP contribution in [0.1, 0.15) is 51.4 Å². The van der Waals surface area contributed by atoms with Crippen LogP contribution in [0.3, 0.4) is 0 Å². The second kappa shape index (κ2) is 8.08. The first-order valence-corrected chi connectivity index (χ1v) is 7.35. The predicted molar refractivity (Wildman–Crippen MR) is 78.5 cm³/mol. The van der Waals surface area contributed by atoms with E-state index in [4.69, 9.17) is 5.11 Å². The number of amides is 1. The molecule has 5 heteroatoms. The summed E-state index contributed by atoms with van der Waals surface area (Å²) in [7, 11) is 0. The molecule has 1 atom stereocenters. The van der Waals surface area contributed by atoms with Crippen molar-refractivity contribution in [3.05, 3.63) is 0 Å². The second-order valence-electron chi connectivity index (χ2n) is 5.95. The van der Waals surface area contributed by atoms with Gasteiger partial charge in [0.05, 0.1) is 0 Å². The molecule has 4 nitrogen and oxygen atoms in total. The average Bonchev–Trinajstić information content (AvgIpc) is 2.99. The van der Waals surface area contributed by atoms with Gasteiger partial charge in [0, 0.05) is 25.6 Å². The van der Waals surface area contributed by atoms with Crippen LogP contribution in [0.15, 0.2) is 0 Å². The molecule has 2 fully saturated rings. The Kier molecular flexibility index (Phi) is 7.11. The van der Waals surface area contributed by atoms with E-state index in [0.717, 1.165) is 38.8 Å². The van der Waals surface area contributed by atoms with E-state index in [0.29, 0.717) is 12.5 Å². The molecule has 1 saturated heterocycles. The molecule has 1 saturated carbocycles. The van der Waals surface area contributed by atoms with E-state index in [9.17, 15) is 4.79 Å². The molecule has 1 aliphatic heterocycles. The van der Waals surface area contributed by atoms with Gasteiger partial charge in [-0.1, -0.05) is 12.8 Å². The maximum absolute atomic E-state index is 11.9. The van der Waals surface area contributed by atoms with Gasteiger partial charge in [-0.3, -0.25) is 4.79 Å². The molecule has 0 bridgehead atoms. The maximum Gasteiger partial charge on any atom is 0.221 e. The zero-order valence-corrected chi connectivity index (χ0v) is 12.4. The van der Waals surface area contributed by atoms with Crippen LogP contribution in [0.2, 0.25) is 0 Å². The number of aliphatic hydroxyl groups is 1. The molecule has 0 radical (unpaired) electrons. The number of hydrogen-bond donors (Lipinski definition) is 3. The van der Waals surface area contributed by atoms with E-state index in [1.807, 2.05) is 0 Å². The minimum Gasteiger partial charge on any atom is -0.396 e. The summed E-state index contributed by atoms with van der Waals surface area (Å²) >= 11 is 0. The van der Waals surface area contributed by atoms with Gasteiger partial charge in [0.25, 0.3) is 0 Å². The molecule has 2 rings (SSSR count). The monoisotopic (exact) mass is 290 g/mol. The number of nitrogens with one attached hydrogen (secondary N) is 2. The Balaban J connectivity index is 0.00000180. The number of aliphatic hydroxyl groups excluding tert-OH is 1. The molecular weight excluding hydrogens is 264 g/mol. The minimum atomic E-state index is 0. The molecule has 19 heavy (non-hydrogen) atoms. The van der Waals surface area contributed by atoms with Gasteiger partial charge in [-0.15, -0.1) is 12.4 Å². The maximum atomic E-state index is 11.9. The van der Waals surface area contributed by atoms with Crippen molar-refractivity contribution in [2.45, 2.75) is 57.4 Å². The summed E-state index contributed by atoms with van der Waals surface area (Å²) in [5.74, 6) is 0.165. The highest BCUT2D eigenvalue weighted by Crippen LogP contribution is 2.40. The molecule has 112 valence electrons. The molecule has 1 unspecified atom stereocenters. The van der Waals surface area contributed by atoms with Crippen molar-refractivity contribution >= 4 is 18.3 Å². The van der Waals surface area contributed by atoms with Crippen LogP contribution in [0.25, 0.3) is 0 Å². The van der Waals surface area contributed by atoms with Gasteiger partial charge in [0.1, 0.15) is 0 Å². The smallest absolute Gasteiger partial charge is 0.221 e. The summed E-state index contributed by atoms with van der Waals surface area (Å²) in [4.78, 5) is 11.9. The van der Waals surface area contributed by atoms with Crippen LogP contribution >= 0.6 is 12.4 Å². The van der Waals surface area contributed by atoms with Crippen LogP contribution in [0, 0.1) is 5.41 Å². The standard InChI is InChI=1S/C14H26N2O2.ClH/c17-9-7-14(5-1-2-6-14)11-16-13(18)10-12-4-3-8-15-12;/h12,15,17H,1-11H2,(H,16,18);1H. The molecule has 1 heterocycles. The second-order valence-corrected chi connectivity index (χ2v) is 5.95. The Morgan fingerprint density at radius 1 is 1.32 bits per heavy atom. The molecule has 0 aromatic rings. The van der Waals surface area contributed by atoms with Gasteiger partial charge >= 0.3 is 0 Å². The summed E-state index contributed by atoms with van der Waals surface area (Å²) in [6, 6.07) is 0.377. The van der Waals surface area contributed by atoms with Crippen LogP contribution in [0.4, 0.5) is 0 Å². The largest absolute Gasteiger partial charge is 0.396 e. The SMILES string of the molecule is Cl.O=C(CC1CCCN1)NCC1(CCO)CCCC1. The molecule has 1 aliphatic carbocycles. The van der Waals surface area contributed by atoms with Crippen LogP contribution in [0.5, 0.6) is 0 Å². The lowest BCUT2D eigenvalue weighted by Gasteiger charge is -2.28. The number of carbonyl (C=O) groups excluding carboxylic acids is 1. The van der Waals surface area contributed by atoms with E-state index in [1.165, 1.54) is 19.3 Å². The van der Waals surface area contributed by atoms with E-state index < -0.39 is 0 Å². The van der Waals surface area contributed by atoms with Crippen molar-refractivity contribution in [3.8, 4) is 0 Å². The van der Waals surface area contributed by atoms with Crippen LogP contribution < -0.4 is 10.6 Å². The van der Waals surface area contributed by atoms with Gasteiger partial charge in [-0.2, -0.15) is 0 Å². The van der Waals surface area contributed by atoms with Gasteiger partial charge in [-0.25, -0.2) is 0 Å². The first kappa shape index (κ1) is 16.7.